The first-order valence-electron chi connectivity index (χ1n) is 13.5. The second kappa shape index (κ2) is 11.4. The number of nitrogens with zero attached hydrogens (tertiary/aromatic N) is 2. The van der Waals surface area contributed by atoms with Crippen LogP contribution in [0.5, 0.6) is 0 Å². The first-order chi connectivity index (χ1) is 21.1. The fourth-order valence-corrected chi connectivity index (χ4v) is 5.98. The molecule has 1 amide bonds. The van der Waals surface area contributed by atoms with E-state index in [1.54, 1.807) is 12.1 Å². The van der Waals surface area contributed by atoms with E-state index < -0.39 is 32.9 Å². The number of aromatic nitrogens is 3. The minimum atomic E-state index is -3.78. The number of anilines is 1. The van der Waals surface area contributed by atoms with Crippen LogP contribution in [0.4, 0.5) is 10.1 Å². The maximum absolute atomic E-state index is 13.7. The van der Waals surface area contributed by atoms with Crippen molar-refractivity contribution in [3.63, 3.8) is 0 Å². The lowest BCUT2D eigenvalue weighted by atomic mass is 10.0. The summed E-state index contributed by atoms with van der Waals surface area (Å²) < 4.78 is 60.7. The molecule has 0 fully saturated rings. The summed E-state index contributed by atoms with van der Waals surface area (Å²) >= 11 is -1.59. The molecule has 0 aliphatic carbocycles. The van der Waals surface area contributed by atoms with Gasteiger partial charge >= 0.3 is 5.16 Å². The highest BCUT2D eigenvalue weighted by Gasteiger charge is 2.26. The molecule has 0 aliphatic rings. The molecular formula is C31H26FN5O5S2. The zero-order valence-electron chi connectivity index (χ0n) is 23.8. The van der Waals surface area contributed by atoms with Crippen molar-refractivity contribution in [1.29, 1.82) is 0 Å². The van der Waals surface area contributed by atoms with E-state index in [0.717, 1.165) is 10.9 Å². The number of carbonyl (C=O) groups is 1. The number of rotatable bonds is 8. The van der Waals surface area contributed by atoms with Crippen molar-refractivity contribution in [1.82, 2.24) is 20.3 Å². The van der Waals surface area contributed by atoms with Crippen molar-refractivity contribution in [2.24, 2.45) is 0 Å². The Kier molecular flexibility index (Phi) is 7.61. The molecule has 3 aromatic carbocycles. The van der Waals surface area contributed by atoms with E-state index in [-0.39, 0.29) is 39.2 Å². The number of nitrogens with one attached hydrogen (secondary N) is 3. The Morgan fingerprint density at radius 2 is 1.77 bits per heavy atom. The summed E-state index contributed by atoms with van der Waals surface area (Å²) in [6.45, 7) is 1.50. The van der Waals surface area contributed by atoms with E-state index in [0.29, 0.717) is 27.9 Å². The summed E-state index contributed by atoms with van der Waals surface area (Å²) in [7, 11) is -2.31. The maximum atomic E-state index is 13.7. The summed E-state index contributed by atoms with van der Waals surface area (Å²) in [6.07, 6.45) is 1.45. The molecule has 0 saturated carbocycles. The van der Waals surface area contributed by atoms with Gasteiger partial charge in [-0.2, -0.15) is 9.97 Å². The predicted octanol–water partition coefficient (Wildman–Crippen LogP) is 5.70. The van der Waals surface area contributed by atoms with Gasteiger partial charge in [0.2, 0.25) is 10.0 Å². The Hall–Kier alpha value is -4.72. The Bertz CT molecular complexity index is 2130. The van der Waals surface area contributed by atoms with Crippen LogP contribution in [0.3, 0.4) is 0 Å². The average Bonchev–Trinajstić information content (AvgIpc) is 3.62. The molecule has 1 unspecified atom stereocenters. The van der Waals surface area contributed by atoms with Crippen molar-refractivity contribution in [3.05, 3.63) is 84.2 Å². The molecule has 44 heavy (non-hydrogen) atoms. The van der Waals surface area contributed by atoms with Gasteiger partial charge in [0, 0.05) is 51.7 Å². The number of carbonyl (C=O) groups excluding carboxylic acids is 1. The normalized spacial score (nSPS) is 12.5. The molecule has 0 aliphatic heterocycles. The summed E-state index contributed by atoms with van der Waals surface area (Å²) in [5, 5.41) is 3.96. The number of fused-ring (bicyclic) bond motifs is 2. The molecule has 3 N–H and O–H groups in total. The van der Waals surface area contributed by atoms with E-state index in [9.17, 15) is 22.2 Å². The molecule has 10 nitrogen and oxygen atoms in total. The molecule has 1 atom stereocenters. The number of H-pyrrole nitrogens is 1. The number of para-hydroxylation sites is 1. The fraction of sp³-hybridized carbons (Fsp3) is 0.129. The number of aromatic amines is 1. The van der Waals surface area contributed by atoms with Crippen LogP contribution in [0, 0.1) is 5.82 Å². The molecule has 3 aromatic heterocycles. The zero-order valence-corrected chi connectivity index (χ0v) is 25.4. The number of halogens is 1. The highest BCUT2D eigenvalue weighted by molar-refractivity contribution is 7.92. The van der Waals surface area contributed by atoms with Crippen LogP contribution in [0.1, 0.15) is 17.3 Å². The highest BCUT2D eigenvalue weighted by Crippen LogP contribution is 2.40. The minimum absolute atomic E-state index is 0.0336. The number of sulfonamides is 1. The molecule has 6 rings (SSSR count). The van der Waals surface area contributed by atoms with Crippen LogP contribution < -0.4 is 10.0 Å². The van der Waals surface area contributed by atoms with Gasteiger partial charge in [-0.1, -0.05) is 18.2 Å². The topological polar surface area (TPSA) is 153 Å². The van der Waals surface area contributed by atoms with Gasteiger partial charge in [0.05, 0.1) is 34.1 Å². The van der Waals surface area contributed by atoms with E-state index in [4.69, 9.17) is 4.42 Å². The smallest absolute Gasteiger partial charge is 0.343 e. The molecule has 13 heteroatoms. The van der Waals surface area contributed by atoms with E-state index in [2.05, 4.69) is 25.0 Å². The lowest BCUT2D eigenvalue weighted by Gasteiger charge is -2.14. The third kappa shape index (κ3) is 5.52. The first-order valence-corrected chi connectivity index (χ1v) is 16.7. The van der Waals surface area contributed by atoms with Gasteiger partial charge in [-0.3, -0.25) is 9.52 Å². The number of hydrogen-bond donors (Lipinski definition) is 3. The molecule has 224 valence electrons. The van der Waals surface area contributed by atoms with Gasteiger partial charge in [0.1, 0.15) is 23.4 Å². The molecular weight excluding hydrogens is 606 g/mol. The van der Waals surface area contributed by atoms with Crippen LogP contribution in [0.25, 0.3) is 55.8 Å². The number of hydrogen-bond acceptors (Lipinski definition) is 7. The quantitative estimate of drug-likeness (QED) is 0.144. The summed E-state index contributed by atoms with van der Waals surface area (Å²) in [5.41, 5.74) is 3.50. The van der Waals surface area contributed by atoms with Crippen molar-refractivity contribution in [2.45, 2.75) is 12.1 Å². The van der Waals surface area contributed by atoms with Crippen LogP contribution in [-0.4, -0.2) is 52.9 Å². The average molecular weight is 632 g/mol. The van der Waals surface area contributed by atoms with Crippen LogP contribution in [0.2, 0.25) is 0 Å². The molecule has 0 bridgehead atoms. The first kappa shape index (κ1) is 29.4. The molecule has 0 radical (unpaired) electrons. The molecule has 0 spiro atoms. The van der Waals surface area contributed by atoms with Crippen LogP contribution >= 0.6 is 0 Å². The van der Waals surface area contributed by atoms with Gasteiger partial charge in [-0.15, -0.1) is 0 Å². The Balaban J connectivity index is 1.64. The lowest BCUT2D eigenvalue weighted by Crippen LogP contribution is -2.18. The lowest BCUT2D eigenvalue weighted by molar-refractivity contribution is 0.0964. The number of amides is 1. The zero-order chi connectivity index (χ0) is 31.2. The van der Waals surface area contributed by atoms with Crippen LogP contribution in [0.15, 0.2) is 82.4 Å². The summed E-state index contributed by atoms with van der Waals surface area (Å²) in [4.78, 5) is 25.6. The Morgan fingerprint density at radius 3 is 2.45 bits per heavy atom. The second-order valence-electron chi connectivity index (χ2n) is 9.94. The highest BCUT2D eigenvalue weighted by atomic mass is 32.2. The standard InChI is InChI=1S/C31H26FN5O5S2/c1-4-44(40,41)37-24-16-27-21(28(30(38)33-2)29(42-27)17-9-11-19(32)12-10-17)14-20(24)23-15-26(36-31(35-23)43(3)39)25-13-18-7-5-6-8-22(18)34-25/h5-16,34,37H,4H2,1-3H3,(H,33,38). The van der Waals surface area contributed by atoms with Gasteiger partial charge in [0.15, 0.2) is 0 Å². The monoisotopic (exact) mass is 631 g/mol. The molecule has 0 saturated heterocycles. The molecule has 3 heterocycles. The number of furan rings is 1. The second-order valence-corrected chi connectivity index (χ2v) is 13.2. The Morgan fingerprint density at radius 1 is 1.05 bits per heavy atom. The SMILES string of the molecule is CCS(=O)(=O)Nc1cc2oc(-c3ccc(F)cc3)c(C(=O)NC)c2cc1-c1cc(-c2cc3ccccc3[nH]2)nc([S+](C)[O-])n1. The summed E-state index contributed by atoms with van der Waals surface area (Å²) in [6, 6.07) is 19.8. The molecule has 6 aromatic rings. The predicted molar refractivity (Wildman–Crippen MR) is 169 cm³/mol. The van der Waals surface area contributed by atoms with E-state index in [1.165, 1.54) is 50.6 Å². The maximum Gasteiger partial charge on any atom is 0.343 e. The van der Waals surface area contributed by atoms with Gasteiger partial charge in [-0.25, -0.2) is 12.8 Å². The van der Waals surface area contributed by atoms with Crippen molar-refractivity contribution in [2.75, 3.05) is 23.8 Å². The van der Waals surface area contributed by atoms with Crippen molar-refractivity contribution >= 4 is 54.7 Å². The fourth-order valence-electron chi connectivity index (χ4n) is 4.87. The third-order valence-corrected chi connectivity index (χ3v) is 9.07. The van der Waals surface area contributed by atoms with Gasteiger partial charge < -0.3 is 19.3 Å². The van der Waals surface area contributed by atoms with Crippen molar-refractivity contribution in [3.8, 4) is 34.0 Å². The summed E-state index contributed by atoms with van der Waals surface area (Å²) in [5.74, 6) is -0.949. The van der Waals surface area contributed by atoms with Crippen LogP contribution in [-0.2, 0) is 21.2 Å². The van der Waals surface area contributed by atoms with E-state index in [1.807, 2.05) is 30.3 Å². The third-order valence-electron chi connectivity index (χ3n) is 7.08. The van der Waals surface area contributed by atoms with Gasteiger partial charge in [0.25, 0.3) is 5.91 Å². The van der Waals surface area contributed by atoms with Gasteiger partial charge in [-0.05, 0) is 55.5 Å². The van der Waals surface area contributed by atoms with E-state index >= 15 is 0 Å². The Labute approximate surface area is 255 Å². The van der Waals surface area contributed by atoms with Crippen molar-refractivity contribution < 1.29 is 26.6 Å². The largest absolute Gasteiger partial charge is 0.609 e. The number of benzene rings is 3. The minimum Gasteiger partial charge on any atom is -0.609 e.